The van der Waals surface area contributed by atoms with Crippen molar-refractivity contribution >= 4 is 26.7 Å². The summed E-state index contributed by atoms with van der Waals surface area (Å²) in [6.45, 7) is 1.50. The first-order valence-corrected chi connectivity index (χ1v) is 2.79. The van der Waals surface area contributed by atoms with E-state index >= 15 is 0 Å². The second kappa shape index (κ2) is 4.87. The van der Waals surface area contributed by atoms with Gasteiger partial charge in [-0.25, -0.2) is 0 Å². The Kier molecular flexibility index (Phi) is 4.39. The molecule has 0 fully saturated rings. The summed E-state index contributed by atoms with van der Waals surface area (Å²) in [6, 6.07) is 0. The lowest BCUT2D eigenvalue weighted by Crippen LogP contribution is -2.39. The first-order chi connectivity index (χ1) is 4.66. The van der Waals surface area contributed by atoms with Crippen LogP contribution in [-0.4, -0.2) is 31.7 Å². The molecule has 7 heteroatoms. The molecule has 0 atom stereocenters. The zero-order chi connectivity index (χ0) is 7.98. The van der Waals surface area contributed by atoms with Crippen molar-refractivity contribution in [1.29, 1.82) is 10.8 Å². The van der Waals surface area contributed by atoms with Gasteiger partial charge in [0.1, 0.15) is 6.40 Å². The Morgan fingerprint density at radius 3 is 2.90 bits per heavy atom. The zero-order valence-electron chi connectivity index (χ0n) is 5.72. The third kappa shape index (κ3) is 5.17. The monoisotopic (exact) mass is 141 g/mol. The Balaban J connectivity index is 3.34. The summed E-state index contributed by atoms with van der Waals surface area (Å²) in [5, 5.41) is 24.5. The first kappa shape index (κ1) is 9.03. The third-order valence-corrected chi connectivity index (χ3v) is 0.694. The number of rotatable bonds is 4. The van der Waals surface area contributed by atoms with Crippen LogP contribution in [0.2, 0.25) is 6.82 Å². The first-order valence-electron chi connectivity index (χ1n) is 2.79. The molecule has 0 aromatic carbocycles. The van der Waals surface area contributed by atoms with Crippen LogP contribution in [0, 0.1) is 10.8 Å². The standard InChI is InChI=1S/C3H9B2N3O2/c1-5(9)8-3(7)4-10-2-6/h2,4,6,9H,1H3,(H2,7,8). The molecule has 0 aromatic heterocycles. The minimum atomic E-state index is -0.748. The van der Waals surface area contributed by atoms with Gasteiger partial charge in [-0.1, -0.05) is 0 Å². The van der Waals surface area contributed by atoms with Crippen molar-refractivity contribution in [1.82, 2.24) is 5.23 Å². The van der Waals surface area contributed by atoms with Crippen LogP contribution in [0.15, 0.2) is 0 Å². The smallest absolute Gasteiger partial charge is 0.409 e. The molecule has 0 saturated heterocycles. The molecule has 0 aromatic rings. The van der Waals surface area contributed by atoms with E-state index in [4.69, 9.17) is 15.8 Å². The average Bonchev–Trinajstić information content (AvgIpc) is 1.82. The fourth-order valence-electron chi connectivity index (χ4n) is 0.419. The van der Waals surface area contributed by atoms with Crippen molar-refractivity contribution in [3.05, 3.63) is 0 Å². The third-order valence-electron chi connectivity index (χ3n) is 0.694. The minimum Gasteiger partial charge on any atom is -0.548 e. The van der Waals surface area contributed by atoms with E-state index in [1.807, 2.05) is 0 Å². The Bertz CT molecular complexity index is 129. The molecule has 0 aliphatic rings. The molecule has 0 amide bonds. The van der Waals surface area contributed by atoms with Crippen LogP contribution >= 0.6 is 0 Å². The fraction of sp³-hybridized carbons (Fsp3) is 0.333. The highest BCUT2D eigenvalue weighted by Gasteiger charge is 2.06. The molecule has 0 aliphatic heterocycles. The van der Waals surface area contributed by atoms with Crippen molar-refractivity contribution in [2.75, 3.05) is 0 Å². The SMILES string of the molecule is CB(O)NC(=N)BOC=N. The lowest BCUT2D eigenvalue weighted by molar-refractivity contribution is 0.571. The van der Waals surface area contributed by atoms with Gasteiger partial charge in [0, 0.05) is 0 Å². The summed E-state index contributed by atoms with van der Waals surface area (Å²) in [5.74, 6) is 0. The highest BCUT2D eigenvalue weighted by atomic mass is 16.4. The largest absolute Gasteiger partial charge is 0.548 e. The van der Waals surface area contributed by atoms with Crippen LogP contribution in [0.25, 0.3) is 0 Å². The van der Waals surface area contributed by atoms with E-state index in [2.05, 4.69) is 9.88 Å². The van der Waals surface area contributed by atoms with Gasteiger partial charge < -0.3 is 14.9 Å². The van der Waals surface area contributed by atoms with Gasteiger partial charge in [0.05, 0.1) is 5.73 Å². The van der Waals surface area contributed by atoms with Gasteiger partial charge in [0.2, 0.25) is 0 Å². The molecule has 0 aliphatic carbocycles. The Morgan fingerprint density at radius 1 is 1.90 bits per heavy atom. The van der Waals surface area contributed by atoms with Gasteiger partial charge in [-0.2, -0.15) is 0 Å². The van der Waals surface area contributed by atoms with Gasteiger partial charge >= 0.3 is 14.5 Å². The van der Waals surface area contributed by atoms with E-state index in [1.165, 1.54) is 6.82 Å². The van der Waals surface area contributed by atoms with Crippen LogP contribution in [0.1, 0.15) is 0 Å². The van der Waals surface area contributed by atoms with E-state index in [-0.39, 0.29) is 13.2 Å². The maximum Gasteiger partial charge on any atom is 0.409 e. The van der Waals surface area contributed by atoms with E-state index in [1.54, 1.807) is 0 Å². The van der Waals surface area contributed by atoms with Gasteiger partial charge in [-0.15, -0.1) is 0 Å². The molecule has 0 rings (SSSR count). The van der Waals surface area contributed by atoms with Gasteiger partial charge in [-0.3, -0.25) is 10.8 Å². The normalized spacial score (nSPS) is 7.80. The summed E-state index contributed by atoms with van der Waals surface area (Å²) in [5.41, 5.74) is 0.0542. The molecular weight excluding hydrogens is 132 g/mol. The van der Waals surface area contributed by atoms with E-state index in [0.29, 0.717) is 0 Å². The molecule has 0 bridgehead atoms. The van der Waals surface area contributed by atoms with E-state index < -0.39 is 7.05 Å². The molecule has 54 valence electrons. The van der Waals surface area contributed by atoms with Crippen molar-refractivity contribution in [3.63, 3.8) is 0 Å². The average molecular weight is 141 g/mol. The molecule has 4 N–H and O–H groups in total. The molecule has 5 nitrogen and oxygen atoms in total. The Morgan fingerprint density at radius 2 is 2.50 bits per heavy atom. The number of hydrogen-bond donors (Lipinski definition) is 4. The van der Waals surface area contributed by atoms with Crippen LogP contribution in [0.4, 0.5) is 0 Å². The van der Waals surface area contributed by atoms with Crippen LogP contribution in [-0.2, 0) is 4.65 Å². The summed E-state index contributed by atoms with van der Waals surface area (Å²) in [7, 11) is -0.754. The molecule has 0 radical (unpaired) electrons. The zero-order valence-corrected chi connectivity index (χ0v) is 5.72. The van der Waals surface area contributed by atoms with Crippen molar-refractivity contribution in [2.24, 2.45) is 0 Å². The lowest BCUT2D eigenvalue weighted by Gasteiger charge is -2.04. The highest BCUT2D eigenvalue weighted by molar-refractivity contribution is 6.74. The maximum absolute atomic E-state index is 8.66. The highest BCUT2D eigenvalue weighted by Crippen LogP contribution is 1.69. The fourth-order valence-corrected chi connectivity index (χ4v) is 0.419. The Hall–Kier alpha value is -0.970. The van der Waals surface area contributed by atoms with Crippen molar-refractivity contribution in [2.45, 2.75) is 6.82 Å². The number of nitrogens with one attached hydrogen (secondary N) is 3. The van der Waals surface area contributed by atoms with Gasteiger partial charge in [0.15, 0.2) is 0 Å². The quantitative estimate of drug-likeness (QED) is 0.220. The molecule has 10 heavy (non-hydrogen) atoms. The van der Waals surface area contributed by atoms with Gasteiger partial charge in [0.25, 0.3) is 0 Å². The van der Waals surface area contributed by atoms with Crippen LogP contribution < -0.4 is 5.23 Å². The predicted molar refractivity (Wildman–Crippen MR) is 41.7 cm³/mol. The van der Waals surface area contributed by atoms with Gasteiger partial charge in [-0.05, 0) is 6.82 Å². The Labute approximate surface area is 60.2 Å². The second-order valence-electron chi connectivity index (χ2n) is 1.73. The van der Waals surface area contributed by atoms with E-state index in [0.717, 1.165) is 6.40 Å². The molecule has 0 heterocycles. The lowest BCUT2D eigenvalue weighted by atomic mass is 9.84. The topological polar surface area (TPSA) is 89.2 Å². The summed E-state index contributed by atoms with van der Waals surface area (Å²) >= 11 is 0. The van der Waals surface area contributed by atoms with Crippen LogP contribution in [0.3, 0.4) is 0 Å². The van der Waals surface area contributed by atoms with E-state index in [9.17, 15) is 0 Å². The summed E-state index contributed by atoms with van der Waals surface area (Å²) < 4.78 is 4.44. The maximum atomic E-state index is 8.66. The predicted octanol–water partition coefficient (Wildman–Crippen LogP) is -1.40. The summed E-state index contributed by atoms with van der Waals surface area (Å²) in [4.78, 5) is 0. The van der Waals surface area contributed by atoms with Crippen molar-refractivity contribution < 1.29 is 9.68 Å². The second-order valence-corrected chi connectivity index (χ2v) is 1.73. The van der Waals surface area contributed by atoms with Crippen LogP contribution in [0.5, 0.6) is 0 Å². The molecule has 0 saturated carbocycles. The minimum absolute atomic E-state index is 0.00556. The molecular formula is C3H9B2N3O2. The van der Waals surface area contributed by atoms with Crippen molar-refractivity contribution in [3.8, 4) is 0 Å². The molecule has 0 spiro atoms. The number of amidine groups is 1. The number of hydrogen-bond acceptors (Lipinski definition) is 4. The summed E-state index contributed by atoms with van der Waals surface area (Å²) in [6.07, 6.45) is 0.748. The molecule has 0 unspecified atom stereocenters.